The molecule has 20 heavy (non-hydrogen) atoms. The zero-order valence-electron chi connectivity index (χ0n) is 13.2. The summed E-state index contributed by atoms with van der Waals surface area (Å²) in [6, 6.07) is 0.491. The van der Waals surface area contributed by atoms with E-state index in [9.17, 15) is 4.79 Å². The van der Waals surface area contributed by atoms with Gasteiger partial charge in [-0.25, -0.2) is 0 Å². The van der Waals surface area contributed by atoms with Gasteiger partial charge in [-0.1, -0.05) is 19.8 Å². The number of nitrogens with two attached hydrogens (primary N) is 1. The zero-order chi connectivity index (χ0) is 14.5. The fraction of sp³-hybridized carbons (Fsp3) is 0.938. The third-order valence-corrected chi connectivity index (χ3v) is 5.35. The lowest BCUT2D eigenvalue weighted by Crippen LogP contribution is -2.48. The first-order valence-electron chi connectivity index (χ1n) is 8.33. The van der Waals surface area contributed by atoms with Gasteiger partial charge in [-0.3, -0.25) is 9.69 Å². The molecule has 4 heteroatoms. The molecule has 2 aliphatic rings. The predicted molar refractivity (Wildman–Crippen MR) is 82.4 cm³/mol. The summed E-state index contributed by atoms with van der Waals surface area (Å²) in [7, 11) is 2.11. The minimum atomic E-state index is 0.305. The van der Waals surface area contributed by atoms with Crippen molar-refractivity contribution >= 4 is 5.91 Å². The lowest BCUT2D eigenvalue weighted by Gasteiger charge is -2.41. The first kappa shape index (κ1) is 15.8. The number of nitrogens with zero attached hydrogens (tertiary/aromatic N) is 2. The Balaban J connectivity index is 1.90. The quantitative estimate of drug-likeness (QED) is 0.834. The van der Waals surface area contributed by atoms with Crippen LogP contribution in [0, 0.1) is 11.8 Å². The number of hydrogen-bond acceptors (Lipinski definition) is 3. The summed E-state index contributed by atoms with van der Waals surface area (Å²) < 4.78 is 0. The Bertz CT molecular complexity index is 315. The summed E-state index contributed by atoms with van der Waals surface area (Å²) in [5, 5.41) is 0. The number of carbonyl (C=O) groups excluding carboxylic acids is 1. The average Bonchev–Trinajstić information content (AvgIpc) is 3.00. The molecule has 1 aliphatic carbocycles. The van der Waals surface area contributed by atoms with Crippen LogP contribution in [0.3, 0.4) is 0 Å². The highest BCUT2D eigenvalue weighted by Crippen LogP contribution is 2.33. The smallest absolute Gasteiger partial charge is 0.236 e. The van der Waals surface area contributed by atoms with Gasteiger partial charge in [-0.2, -0.15) is 0 Å². The van der Waals surface area contributed by atoms with Gasteiger partial charge in [0.05, 0.1) is 6.54 Å². The molecular weight excluding hydrogens is 250 g/mol. The van der Waals surface area contributed by atoms with E-state index in [1.165, 1.54) is 38.5 Å². The Morgan fingerprint density at radius 3 is 2.60 bits per heavy atom. The Hall–Kier alpha value is -0.610. The van der Waals surface area contributed by atoms with E-state index in [-0.39, 0.29) is 0 Å². The highest BCUT2D eigenvalue weighted by Gasteiger charge is 2.33. The molecule has 0 spiro atoms. The van der Waals surface area contributed by atoms with Crippen molar-refractivity contribution in [1.29, 1.82) is 0 Å². The van der Waals surface area contributed by atoms with E-state index in [0.29, 0.717) is 24.4 Å². The number of likely N-dealkylation sites (N-methyl/N-ethyl adjacent to an activating group) is 1. The summed E-state index contributed by atoms with van der Waals surface area (Å²) in [6.07, 6.45) is 7.33. The van der Waals surface area contributed by atoms with Gasteiger partial charge < -0.3 is 10.6 Å². The van der Waals surface area contributed by atoms with Gasteiger partial charge in [0, 0.05) is 19.1 Å². The third kappa shape index (κ3) is 3.73. The Kier molecular flexibility index (Phi) is 5.85. The standard InChI is InChI=1S/C16H31N3O/c1-3-13-6-7-14(11-17)15(10-13)18(2)12-16(20)19-8-4-5-9-19/h13-15H,3-12,17H2,1-2H3. The fourth-order valence-corrected chi connectivity index (χ4v) is 3.88. The lowest BCUT2D eigenvalue weighted by atomic mass is 9.76. The molecule has 4 nitrogen and oxygen atoms in total. The van der Waals surface area contributed by atoms with E-state index >= 15 is 0 Å². The normalized spacial score (nSPS) is 31.0. The molecule has 0 aromatic heterocycles. The van der Waals surface area contributed by atoms with E-state index in [2.05, 4.69) is 18.9 Å². The second kappa shape index (κ2) is 7.41. The van der Waals surface area contributed by atoms with Crippen LogP contribution in [0.1, 0.15) is 45.4 Å². The molecule has 1 saturated heterocycles. The molecule has 3 atom stereocenters. The van der Waals surface area contributed by atoms with Crippen molar-refractivity contribution in [3.63, 3.8) is 0 Å². The monoisotopic (exact) mass is 281 g/mol. The molecule has 0 aromatic carbocycles. The maximum absolute atomic E-state index is 12.3. The van der Waals surface area contributed by atoms with E-state index in [0.717, 1.165) is 25.6 Å². The van der Waals surface area contributed by atoms with Crippen LogP contribution >= 0.6 is 0 Å². The first-order valence-corrected chi connectivity index (χ1v) is 8.33. The summed E-state index contributed by atoms with van der Waals surface area (Å²) in [6.45, 7) is 5.51. The van der Waals surface area contributed by atoms with E-state index < -0.39 is 0 Å². The summed E-state index contributed by atoms with van der Waals surface area (Å²) in [5.74, 6) is 1.68. The molecule has 0 bridgehead atoms. The van der Waals surface area contributed by atoms with Gasteiger partial charge >= 0.3 is 0 Å². The van der Waals surface area contributed by atoms with Gasteiger partial charge in [0.2, 0.25) is 5.91 Å². The molecule has 1 heterocycles. The van der Waals surface area contributed by atoms with Gasteiger partial charge in [0.15, 0.2) is 0 Å². The van der Waals surface area contributed by atoms with E-state index in [1.54, 1.807) is 0 Å². The molecule has 1 saturated carbocycles. The molecule has 1 aliphatic heterocycles. The number of amides is 1. The maximum Gasteiger partial charge on any atom is 0.236 e. The first-order chi connectivity index (χ1) is 9.65. The number of hydrogen-bond donors (Lipinski definition) is 1. The van der Waals surface area contributed by atoms with Crippen LogP contribution in [0.2, 0.25) is 0 Å². The van der Waals surface area contributed by atoms with E-state index in [4.69, 9.17) is 5.73 Å². The second-order valence-electron chi connectivity index (χ2n) is 6.65. The van der Waals surface area contributed by atoms with Gasteiger partial charge in [-0.15, -0.1) is 0 Å². The molecule has 2 fully saturated rings. The van der Waals surface area contributed by atoms with Gasteiger partial charge in [0.1, 0.15) is 0 Å². The molecule has 116 valence electrons. The van der Waals surface area contributed by atoms with Crippen molar-refractivity contribution in [1.82, 2.24) is 9.80 Å². The lowest BCUT2D eigenvalue weighted by molar-refractivity contribution is -0.132. The average molecular weight is 281 g/mol. The zero-order valence-corrected chi connectivity index (χ0v) is 13.2. The summed E-state index contributed by atoms with van der Waals surface area (Å²) in [4.78, 5) is 16.6. The highest BCUT2D eigenvalue weighted by atomic mass is 16.2. The van der Waals surface area contributed by atoms with E-state index in [1.807, 2.05) is 4.90 Å². The van der Waals surface area contributed by atoms with Crippen molar-refractivity contribution < 1.29 is 4.79 Å². The Labute approximate surface area is 123 Å². The second-order valence-corrected chi connectivity index (χ2v) is 6.65. The van der Waals surface area contributed by atoms with Crippen molar-refractivity contribution in [3.05, 3.63) is 0 Å². The molecule has 0 radical (unpaired) electrons. The number of likely N-dealkylation sites (tertiary alicyclic amines) is 1. The van der Waals surface area contributed by atoms with Crippen LogP contribution in [0.4, 0.5) is 0 Å². The van der Waals surface area contributed by atoms with Crippen molar-refractivity contribution in [3.8, 4) is 0 Å². The molecular formula is C16H31N3O. The fourth-order valence-electron chi connectivity index (χ4n) is 3.88. The van der Waals surface area contributed by atoms with Crippen molar-refractivity contribution in [2.24, 2.45) is 17.6 Å². The highest BCUT2D eigenvalue weighted by molar-refractivity contribution is 5.78. The number of rotatable bonds is 5. The van der Waals surface area contributed by atoms with Crippen LogP contribution in [0.5, 0.6) is 0 Å². The number of carbonyl (C=O) groups is 1. The third-order valence-electron chi connectivity index (χ3n) is 5.35. The maximum atomic E-state index is 12.3. The van der Waals surface area contributed by atoms with Crippen LogP contribution < -0.4 is 5.73 Å². The Morgan fingerprint density at radius 1 is 1.30 bits per heavy atom. The molecule has 0 aromatic rings. The summed E-state index contributed by atoms with van der Waals surface area (Å²) in [5.41, 5.74) is 5.95. The predicted octanol–water partition coefficient (Wildman–Crippen LogP) is 1.69. The minimum absolute atomic E-state index is 0.305. The van der Waals surface area contributed by atoms with Crippen LogP contribution in [-0.4, -0.2) is 55.0 Å². The molecule has 2 rings (SSSR count). The van der Waals surface area contributed by atoms with Gasteiger partial charge in [0.25, 0.3) is 0 Å². The van der Waals surface area contributed by atoms with Crippen molar-refractivity contribution in [2.45, 2.75) is 51.5 Å². The molecule has 3 unspecified atom stereocenters. The minimum Gasteiger partial charge on any atom is -0.342 e. The SMILES string of the molecule is CCC1CCC(CN)C(N(C)CC(=O)N2CCCC2)C1. The van der Waals surface area contributed by atoms with Crippen LogP contribution in [-0.2, 0) is 4.79 Å². The van der Waals surface area contributed by atoms with Crippen LogP contribution in [0.25, 0.3) is 0 Å². The van der Waals surface area contributed by atoms with Crippen molar-refractivity contribution in [2.75, 3.05) is 33.2 Å². The summed E-state index contributed by atoms with van der Waals surface area (Å²) >= 11 is 0. The van der Waals surface area contributed by atoms with Gasteiger partial charge in [-0.05, 0) is 51.1 Å². The largest absolute Gasteiger partial charge is 0.342 e. The molecule has 1 amide bonds. The van der Waals surface area contributed by atoms with Crippen LogP contribution in [0.15, 0.2) is 0 Å². The molecule has 2 N–H and O–H groups in total. The Morgan fingerprint density at radius 2 is 2.00 bits per heavy atom. The topological polar surface area (TPSA) is 49.6 Å².